The van der Waals surface area contributed by atoms with Crippen LogP contribution in [0.2, 0.25) is 0 Å². The molecule has 24 heavy (non-hydrogen) atoms. The van der Waals surface area contributed by atoms with Gasteiger partial charge in [0.15, 0.2) is 27.3 Å². The molecule has 2 heterocycles. The number of halogens is 1. The van der Waals surface area contributed by atoms with Crippen LogP contribution in [0.3, 0.4) is 0 Å². The molecule has 7 nitrogen and oxygen atoms in total. The van der Waals surface area contributed by atoms with Crippen molar-refractivity contribution in [3.63, 3.8) is 0 Å². The monoisotopic (exact) mass is 467 g/mol. The van der Waals surface area contributed by atoms with Gasteiger partial charge in [-0.1, -0.05) is 0 Å². The first-order valence-electron chi connectivity index (χ1n) is 7.69. The Kier molecular flexibility index (Phi) is 6.55. The second-order valence-corrected chi connectivity index (χ2v) is 8.06. The highest BCUT2D eigenvalue weighted by Crippen LogP contribution is 2.32. The molecule has 3 N–H and O–H groups in total. The number of rotatable bonds is 3. The smallest absolute Gasteiger partial charge is 0.193 e. The molecule has 134 valence electrons. The number of benzene rings is 1. The zero-order valence-corrected chi connectivity index (χ0v) is 16.4. The number of hydrogen-bond donors (Lipinski definition) is 2. The predicted octanol–water partition coefficient (Wildman–Crippen LogP) is 1.63. The van der Waals surface area contributed by atoms with E-state index in [9.17, 15) is 8.42 Å². The van der Waals surface area contributed by atoms with Crippen LogP contribution in [-0.2, 0) is 9.84 Å². The first kappa shape index (κ1) is 19.1. The van der Waals surface area contributed by atoms with Gasteiger partial charge in [0.05, 0.1) is 24.7 Å². The molecule has 0 saturated carbocycles. The lowest BCUT2D eigenvalue weighted by atomic mass is 10.1. The highest BCUT2D eigenvalue weighted by molar-refractivity contribution is 14.0. The molecule has 1 aromatic rings. The highest BCUT2D eigenvalue weighted by Gasteiger charge is 2.27. The number of nitrogens with one attached hydrogen (secondary N) is 1. The predicted molar refractivity (Wildman–Crippen MR) is 104 cm³/mol. The number of fused-ring (bicyclic) bond motifs is 1. The summed E-state index contributed by atoms with van der Waals surface area (Å²) in [5.74, 6) is 2.19. The van der Waals surface area contributed by atoms with E-state index in [0.717, 1.165) is 17.9 Å². The van der Waals surface area contributed by atoms with Gasteiger partial charge in [0.25, 0.3) is 0 Å². The summed E-state index contributed by atoms with van der Waals surface area (Å²) in [5, 5.41) is 3.00. The summed E-state index contributed by atoms with van der Waals surface area (Å²) in [5.41, 5.74) is 6.63. The minimum absolute atomic E-state index is 0. The fourth-order valence-corrected chi connectivity index (χ4v) is 4.52. The van der Waals surface area contributed by atoms with E-state index in [-0.39, 0.29) is 47.4 Å². The summed E-state index contributed by atoms with van der Waals surface area (Å²) in [7, 11) is -2.88. The van der Waals surface area contributed by atoms with Crippen molar-refractivity contribution in [2.75, 3.05) is 36.6 Å². The SMILES string of the molecule is I.NC(=NCC1CCS(=O)(=O)C1)Nc1ccc2c(c1)OCCCO2. The molecular weight excluding hydrogens is 445 g/mol. The van der Waals surface area contributed by atoms with Crippen LogP contribution in [0.15, 0.2) is 23.2 Å². The number of guanidine groups is 1. The van der Waals surface area contributed by atoms with Gasteiger partial charge in [-0.3, -0.25) is 4.99 Å². The Balaban J connectivity index is 0.00000208. The summed E-state index contributed by atoms with van der Waals surface area (Å²) >= 11 is 0. The maximum atomic E-state index is 11.4. The van der Waals surface area contributed by atoms with Gasteiger partial charge in [-0.05, 0) is 24.5 Å². The van der Waals surface area contributed by atoms with Crippen molar-refractivity contribution in [2.24, 2.45) is 16.6 Å². The van der Waals surface area contributed by atoms with E-state index >= 15 is 0 Å². The maximum Gasteiger partial charge on any atom is 0.193 e. The van der Waals surface area contributed by atoms with Crippen molar-refractivity contribution in [3.8, 4) is 11.5 Å². The van der Waals surface area contributed by atoms with Gasteiger partial charge in [-0.15, -0.1) is 24.0 Å². The average Bonchev–Trinajstić information content (AvgIpc) is 2.71. The molecule has 1 atom stereocenters. The first-order chi connectivity index (χ1) is 11.0. The largest absolute Gasteiger partial charge is 0.490 e. The van der Waals surface area contributed by atoms with Gasteiger partial charge in [-0.25, -0.2) is 8.42 Å². The molecule has 1 aromatic carbocycles. The van der Waals surface area contributed by atoms with Crippen LogP contribution in [0.4, 0.5) is 5.69 Å². The lowest BCUT2D eigenvalue weighted by Crippen LogP contribution is -2.24. The number of anilines is 1. The Hall–Kier alpha value is -1.23. The Morgan fingerprint density at radius 1 is 1.29 bits per heavy atom. The van der Waals surface area contributed by atoms with Gasteiger partial charge in [0.1, 0.15) is 0 Å². The fourth-order valence-electron chi connectivity index (χ4n) is 2.67. The molecule has 0 spiro atoms. The maximum absolute atomic E-state index is 11.4. The van der Waals surface area contributed by atoms with Gasteiger partial charge in [0, 0.05) is 24.7 Å². The quantitative estimate of drug-likeness (QED) is 0.398. The lowest BCUT2D eigenvalue weighted by Gasteiger charge is -2.11. The normalized spacial score (nSPS) is 22.3. The first-order valence-corrected chi connectivity index (χ1v) is 9.51. The number of aliphatic imine (C=N–C) groups is 1. The van der Waals surface area contributed by atoms with Crippen molar-refractivity contribution in [3.05, 3.63) is 18.2 Å². The third-order valence-electron chi connectivity index (χ3n) is 3.87. The van der Waals surface area contributed by atoms with E-state index in [1.807, 2.05) is 18.2 Å². The van der Waals surface area contributed by atoms with Crippen LogP contribution in [-0.4, -0.2) is 45.6 Å². The van der Waals surface area contributed by atoms with E-state index in [1.54, 1.807) is 0 Å². The minimum Gasteiger partial charge on any atom is -0.490 e. The molecular formula is C15H22IN3O4S. The molecule has 2 aliphatic rings. The van der Waals surface area contributed by atoms with Gasteiger partial charge < -0.3 is 20.5 Å². The molecule has 9 heteroatoms. The molecule has 1 saturated heterocycles. The third kappa shape index (κ3) is 5.13. The Bertz CT molecular complexity index is 709. The number of nitrogens with two attached hydrogens (primary N) is 1. The molecule has 0 radical (unpaired) electrons. The zero-order valence-electron chi connectivity index (χ0n) is 13.2. The van der Waals surface area contributed by atoms with Crippen LogP contribution >= 0.6 is 24.0 Å². The van der Waals surface area contributed by atoms with Crippen molar-refractivity contribution < 1.29 is 17.9 Å². The van der Waals surface area contributed by atoms with Crippen molar-refractivity contribution in [2.45, 2.75) is 12.8 Å². The Labute approximate surface area is 158 Å². The highest BCUT2D eigenvalue weighted by atomic mass is 127. The van der Waals surface area contributed by atoms with Crippen LogP contribution in [0, 0.1) is 5.92 Å². The molecule has 0 aromatic heterocycles. The summed E-state index contributed by atoms with van der Waals surface area (Å²) in [6, 6.07) is 5.50. The average molecular weight is 467 g/mol. The lowest BCUT2D eigenvalue weighted by molar-refractivity contribution is 0.297. The second-order valence-electron chi connectivity index (χ2n) is 5.83. The summed E-state index contributed by atoms with van der Waals surface area (Å²) in [6.45, 7) is 1.69. The van der Waals surface area contributed by atoms with E-state index < -0.39 is 9.84 Å². The fraction of sp³-hybridized carbons (Fsp3) is 0.533. The molecule has 2 aliphatic heterocycles. The minimum atomic E-state index is -2.88. The topological polar surface area (TPSA) is 103 Å². The number of hydrogen-bond acceptors (Lipinski definition) is 5. The third-order valence-corrected chi connectivity index (χ3v) is 5.70. The molecule has 1 unspecified atom stereocenters. The van der Waals surface area contributed by atoms with Gasteiger partial charge in [-0.2, -0.15) is 0 Å². The van der Waals surface area contributed by atoms with E-state index in [1.165, 1.54) is 0 Å². The van der Waals surface area contributed by atoms with E-state index in [0.29, 0.717) is 31.9 Å². The number of nitrogens with zero attached hydrogens (tertiary/aromatic N) is 1. The Morgan fingerprint density at radius 2 is 2.04 bits per heavy atom. The van der Waals surface area contributed by atoms with E-state index in [4.69, 9.17) is 15.2 Å². The zero-order chi connectivity index (χ0) is 16.3. The standard InChI is InChI=1S/C15H21N3O4S.HI/c16-15(17-9-11-4-7-23(19,20)10-11)18-12-2-3-13-14(8-12)22-6-1-5-21-13;/h2-3,8,11H,1,4-7,9-10H2,(H3,16,17,18);1H. The van der Waals surface area contributed by atoms with Crippen molar-refractivity contribution in [1.82, 2.24) is 0 Å². The molecule has 0 bridgehead atoms. The summed E-state index contributed by atoms with van der Waals surface area (Å²) < 4.78 is 34.0. The van der Waals surface area contributed by atoms with Crippen molar-refractivity contribution >= 4 is 45.5 Å². The van der Waals surface area contributed by atoms with E-state index in [2.05, 4.69) is 10.3 Å². The molecule has 0 aliphatic carbocycles. The summed E-state index contributed by atoms with van der Waals surface area (Å²) in [4.78, 5) is 4.24. The Morgan fingerprint density at radius 3 is 2.75 bits per heavy atom. The van der Waals surface area contributed by atoms with Crippen molar-refractivity contribution in [1.29, 1.82) is 0 Å². The van der Waals surface area contributed by atoms with Crippen LogP contribution in [0.5, 0.6) is 11.5 Å². The number of sulfone groups is 1. The number of ether oxygens (including phenoxy) is 2. The molecule has 3 rings (SSSR count). The molecule has 0 amide bonds. The van der Waals surface area contributed by atoms with Crippen LogP contribution in [0.25, 0.3) is 0 Å². The summed E-state index contributed by atoms with van der Waals surface area (Å²) in [6.07, 6.45) is 1.51. The second kappa shape index (κ2) is 8.24. The van der Waals surface area contributed by atoms with Gasteiger partial charge in [0.2, 0.25) is 0 Å². The molecule has 1 fully saturated rings. The van der Waals surface area contributed by atoms with Gasteiger partial charge >= 0.3 is 0 Å². The van der Waals surface area contributed by atoms with Crippen LogP contribution in [0.1, 0.15) is 12.8 Å². The van der Waals surface area contributed by atoms with Crippen LogP contribution < -0.4 is 20.5 Å².